The summed E-state index contributed by atoms with van der Waals surface area (Å²) in [5, 5.41) is 4.00. The van der Waals surface area contributed by atoms with E-state index in [1.165, 1.54) is 0 Å². The standard InChI is InChI=1S/C12H13BrN2O2/c1-3-8-11(15-17-12(8)14)9-5-4-7(13)6-10(9)16-2/h4-6H,3,14H2,1-2H3. The molecule has 0 saturated carbocycles. The Morgan fingerprint density at radius 2 is 2.24 bits per heavy atom. The van der Waals surface area contributed by atoms with Crippen LogP contribution in [0.1, 0.15) is 12.5 Å². The molecule has 0 atom stereocenters. The van der Waals surface area contributed by atoms with Crippen LogP contribution < -0.4 is 10.5 Å². The molecule has 2 N–H and O–H groups in total. The molecular formula is C12H13BrN2O2. The molecule has 0 radical (unpaired) electrons. The number of hydrogen-bond donors (Lipinski definition) is 1. The first kappa shape index (κ1) is 12.0. The Kier molecular flexibility index (Phi) is 3.38. The van der Waals surface area contributed by atoms with Gasteiger partial charge < -0.3 is 15.0 Å². The van der Waals surface area contributed by atoms with Crippen LogP contribution in [0, 0.1) is 0 Å². The van der Waals surface area contributed by atoms with Crippen LogP contribution in [0.5, 0.6) is 5.75 Å². The highest BCUT2D eigenvalue weighted by molar-refractivity contribution is 9.10. The van der Waals surface area contributed by atoms with Crippen molar-refractivity contribution in [3.63, 3.8) is 0 Å². The van der Waals surface area contributed by atoms with Crippen molar-refractivity contribution in [2.75, 3.05) is 12.8 Å². The van der Waals surface area contributed by atoms with Gasteiger partial charge in [-0.3, -0.25) is 0 Å². The lowest BCUT2D eigenvalue weighted by Crippen LogP contribution is -1.93. The summed E-state index contributed by atoms with van der Waals surface area (Å²) in [6.45, 7) is 2.01. The first-order chi connectivity index (χ1) is 8.17. The van der Waals surface area contributed by atoms with Gasteiger partial charge in [-0.2, -0.15) is 0 Å². The van der Waals surface area contributed by atoms with Crippen molar-refractivity contribution in [2.24, 2.45) is 0 Å². The van der Waals surface area contributed by atoms with Crippen molar-refractivity contribution in [3.05, 3.63) is 28.2 Å². The van der Waals surface area contributed by atoms with E-state index in [0.29, 0.717) is 5.88 Å². The molecule has 0 aliphatic carbocycles. The van der Waals surface area contributed by atoms with Crippen LogP contribution in [-0.2, 0) is 6.42 Å². The first-order valence-corrected chi connectivity index (χ1v) is 6.04. The van der Waals surface area contributed by atoms with Gasteiger partial charge >= 0.3 is 0 Å². The summed E-state index contributed by atoms with van der Waals surface area (Å²) >= 11 is 3.40. The zero-order valence-corrected chi connectivity index (χ0v) is 11.2. The lowest BCUT2D eigenvalue weighted by Gasteiger charge is -2.07. The smallest absolute Gasteiger partial charge is 0.225 e. The number of anilines is 1. The van der Waals surface area contributed by atoms with Gasteiger partial charge in [0, 0.05) is 15.6 Å². The summed E-state index contributed by atoms with van der Waals surface area (Å²) in [6.07, 6.45) is 0.768. The zero-order chi connectivity index (χ0) is 12.4. The molecule has 0 unspecified atom stereocenters. The average molecular weight is 297 g/mol. The monoisotopic (exact) mass is 296 g/mol. The maximum absolute atomic E-state index is 5.73. The van der Waals surface area contributed by atoms with E-state index in [1.54, 1.807) is 7.11 Å². The molecule has 1 heterocycles. The summed E-state index contributed by atoms with van der Waals surface area (Å²) in [5.41, 5.74) is 8.27. The molecule has 90 valence electrons. The topological polar surface area (TPSA) is 61.3 Å². The molecular weight excluding hydrogens is 284 g/mol. The van der Waals surface area contributed by atoms with Crippen LogP contribution >= 0.6 is 15.9 Å². The van der Waals surface area contributed by atoms with Crippen molar-refractivity contribution in [2.45, 2.75) is 13.3 Å². The van der Waals surface area contributed by atoms with Crippen LogP contribution in [0.15, 0.2) is 27.2 Å². The second-order valence-corrected chi connectivity index (χ2v) is 4.49. The Bertz CT molecular complexity index is 537. The first-order valence-electron chi connectivity index (χ1n) is 5.25. The van der Waals surface area contributed by atoms with Gasteiger partial charge in [0.1, 0.15) is 11.4 Å². The Morgan fingerprint density at radius 3 is 2.88 bits per heavy atom. The van der Waals surface area contributed by atoms with Crippen molar-refractivity contribution >= 4 is 21.8 Å². The van der Waals surface area contributed by atoms with E-state index in [0.717, 1.165) is 33.5 Å². The Labute approximate surface area is 108 Å². The molecule has 17 heavy (non-hydrogen) atoms. The maximum atomic E-state index is 5.73. The molecule has 5 heteroatoms. The third-order valence-electron chi connectivity index (χ3n) is 2.59. The van der Waals surface area contributed by atoms with Crippen molar-refractivity contribution in [1.29, 1.82) is 0 Å². The number of aromatic nitrogens is 1. The van der Waals surface area contributed by atoms with E-state index in [4.69, 9.17) is 15.0 Å². The Balaban J connectivity index is 2.59. The third kappa shape index (κ3) is 2.15. The normalized spacial score (nSPS) is 10.5. The van der Waals surface area contributed by atoms with E-state index in [1.807, 2.05) is 25.1 Å². The highest BCUT2D eigenvalue weighted by Gasteiger charge is 2.17. The molecule has 2 rings (SSSR count). The number of benzene rings is 1. The van der Waals surface area contributed by atoms with Crippen molar-refractivity contribution in [1.82, 2.24) is 5.16 Å². The van der Waals surface area contributed by atoms with Gasteiger partial charge in [0.05, 0.1) is 7.11 Å². The highest BCUT2D eigenvalue weighted by Crippen LogP contribution is 2.35. The minimum absolute atomic E-state index is 0.368. The largest absolute Gasteiger partial charge is 0.496 e. The van der Waals surface area contributed by atoms with Gasteiger partial charge in [0.15, 0.2) is 0 Å². The SMILES string of the molecule is CCc1c(-c2ccc(Br)cc2OC)noc1N. The molecule has 0 saturated heterocycles. The van der Waals surface area contributed by atoms with Gasteiger partial charge in [-0.1, -0.05) is 28.0 Å². The predicted molar refractivity (Wildman–Crippen MR) is 70.0 cm³/mol. The third-order valence-corrected chi connectivity index (χ3v) is 3.08. The van der Waals surface area contributed by atoms with E-state index in [2.05, 4.69) is 21.1 Å². The second-order valence-electron chi connectivity index (χ2n) is 3.57. The average Bonchev–Trinajstić information content (AvgIpc) is 2.70. The fraction of sp³-hybridized carbons (Fsp3) is 0.250. The minimum Gasteiger partial charge on any atom is -0.496 e. The van der Waals surface area contributed by atoms with Crippen LogP contribution in [0.3, 0.4) is 0 Å². The molecule has 2 aromatic rings. The van der Waals surface area contributed by atoms with E-state index < -0.39 is 0 Å². The van der Waals surface area contributed by atoms with E-state index >= 15 is 0 Å². The van der Waals surface area contributed by atoms with E-state index in [9.17, 15) is 0 Å². The number of nitrogens with two attached hydrogens (primary N) is 1. The van der Waals surface area contributed by atoms with Gasteiger partial charge in [-0.05, 0) is 24.6 Å². The lowest BCUT2D eigenvalue weighted by atomic mass is 10.1. The number of rotatable bonds is 3. The number of nitrogen functional groups attached to an aromatic ring is 1. The van der Waals surface area contributed by atoms with Crippen molar-refractivity contribution < 1.29 is 9.26 Å². The number of hydrogen-bond acceptors (Lipinski definition) is 4. The molecule has 0 fully saturated rings. The number of halogens is 1. The second kappa shape index (κ2) is 4.79. The summed E-state index contributed by atoms with van der Waals surface area (Å²) in [4.78, 5) is 0. The molecule has 0 aliphatic heterocycles. The van der Waals surface area contributed by atoms with Gasteiger partial charge in [0.2, 0.25) is 5.88 Å². The van der Waals surface area contributed by atoms with E-state index in [-0.39, 0.29) is 0 Å². The van der Waals surface area contributed by atoms with Crippen LogP contribution in [0.2, 0.25) is 0 Å². The fourth-order valence-corrected chi connectivity index (χ4v) is 2.08. The minimum atomic E-state index is 0.368. The number of nitrogens with zero attached hydrogens (tertiary/aromatic N) is 1. The molecule has 4 nitrogen and oxygen atoms in total. The number of ether oxygens (including phenoxy) is 1. The molecule has 1 aromatic carbocycles. The fourth-order valence-electron chi connectivity index (χ4n) is 1.74. The number of methoxy groups -OCH3 is 1. The molecule has 0 spiro atoms. The zero-order valence-electron chi connectivity index (χ0n) is 9.66. The maximum Gasteiger partial charge on any atom is 0.225 e. The van der Waals surface area contributed by atoms with Crippen LogP contribution in [0.4, 0.5) is 5.88 Å². The lowest BCUT2D eigenvalue weighted by molar-refractivity contribution is 0.413. The summed E-state index contributed by atoms with van der Waals surface area (Å²) in [6, 6.07) is 5.75. The van der Waals surface area contributed by atoms with Gasteiger partial charge in [-0.15, -0.1) is 0 Å². The summed E-state index contributed by atoms with van der Waals surface area (Å²) < 4.78 is 11.3. The Morgan fingerprint density at radius 1 is 1.47 bits per heavy atom. The summed E-state index contributed by atoms with van der Waals surface area (Å²) in [5.74, 6) is 1.11. The van der Waals surface area contributed by atoms with Crippen LogP contribution in [0.25, 0.3) is 11.3 Å². The quantitative estimate of drug-likeness (QED) is 0.944. The molecule has 1 aromatic heterocycles. The summed E-state index contributed by atoms with van der Waals surface area (Å²) in [7, 11) is 1.63. The molecule has 0 bridgehead atoms. The van der Waals surface area contributed by atoms with Crippen molar-refractivity contribution in [3.8, 4) is 17.0 Å². The molecule has 0 amide bonds. The predicted octanol–water partition coefficient (Wildman–Crippen LogP) is 3.26. The van der Waals surface area contributed by atoms with Crippen LogP contribution in [-0.4, -0.2) is 12.3 Å². The van der Waals surface area contributed by atoms with Gasteiger partial charge in [0.25, 0.3) is 0 Å². The highest BCUT2D eigenvalue weighted by atomic mass is 79.9. The Hall–Kier alpha value is -1.49. The van der Waals surface area contributed by atoms with Gasteiger partial charge in [-0.25, -0.2) is 0 Å². The molecule has 0 aliphatic rings.